The lowest BCUT2D eigenvalue weighted by Gasteiger charge is -2.46. The lowest BCUT2D eigenvalue weighted by molar-refractivity contribution is -0.359. The number of rotatable bonds is 54. The molecule has 0 aromatic heterocycles. The highest BCUT2D eigenvalue weighted by Gasteiger charge is 2.51. The number of hydrogen-bond acceptors (Lipinski definition) is 13. The largest absolute Gasteiger partial charge is 0.394 e. The maximum atomic E-state index is 13.3. The molecule has 2 fully saturated rings. The van der Waals surface area contributed by atoms with Gasteiger partial charge < -0.3 is 65.1 Å². The first kappa shape index (κ1) is 73.6. The number of allylic oxidation sites excluding steroid dienone is 3. The minimum Gasteiger partial charge on any atom is -0.394 e. The molecule has 2 rings (SSSR count). The van der Waals surface area contributed by atoms with Crippen molar-refractivity contribution in [2.24, 2.45) is 0 Å². The Morgan fingerprint density at radius 1 is 0.443 bits per heavy atom. The van der Waals surface area contributed by atoms with E-state index in [4.69, 9.17) is 18.9 Å². The molecule has 9 N–H and O–H groups in total. The molecule has 466 valence electrons. The quantitative estimate of drug-likeness (QED) is 0.0204. The number of hydrogen-bond donors (Lipinski definition) is 9. The third-order valence-corrected chi connectivity index (χ3v) is 16.4. The van der Waals surface area contributed by atoms with E-state index in [1.165, 1.54) is 225 Å². The highest BCUT2D eigenvalue weighted by atomic mass is 16.7. The zero-order valence-corrected chi connectivity index (χ0v) is 50.4. The van der Waals surface area contributed by atoms with Gasteiger partial charge >= 0.3 is 0 Å². The maximum absolute atomic E-state index is 13.3. The van der Waals surface area contributed by atoms with Crippen molar-refractivity contribution in [3.63, 3.8) is 0 Å². The average Bonchev–Trinajstić information content (AvgIpc) is 3.47. The van der Waals surface area contributed by atoms with Gasteiger partial charge in [0.15, 0.2) is 12.6 Å². The molecule has 0 radical (unpaired) electrons. The molecule has 79 heavy (non-hydrogen) atoms. The smallest absolute Gasteiger partial charge is 0.220 e. The number of aliphatic hydroxyl groups is 8. The van der Waals surface area contributed by atoms with Gasteiger partial charge in [-0.1, -0.05) is 263 Å². The molecule has 2 aliphatic rings. The van der Waals surface area contributed by atoms with Gasteiger partial charge in [0.05, 0.1) is 32.0 Å². The van der Waals surface area contributed by atoms with Crippen LogP contribution in [0.5, 0.6) is 0 Å². The fourth-order valence-corrected chi connectivity index (χ4v) is 11.1. The van der Waals surface area contributed by atoms with Crippen molar-refractivity contribution in [1.29, 1.82) is 0 Å². The molecule has 12 atom stereocenters. The fraction of sp³-hybridized carbons (Fsp3) is 0.923. The molecule has 0 bridgehead atoms. The molecule has 0 spiro atoms. The molecule has 0 aromatic rings. The Balaban J connectivity index is 1.72. The van der Waals surface area contributed by atoms with E-state index in [-0.39, 0.29) is 18.9 Å². The summed E-state index contributed by atoms with van der Waals surface area (Å²) >= 11 is 0. The van der Waals surface area contributed by atoms with Crippen molar-refractivity contribution in [2.75, 3.05) is 19.8 Å². The molecule has 2 saturated heterocycles. The van der Waals surface area contributed by atoms with Crippen LogP contribution in [-0.4, -0.2) is 140 Å². The van der Waals surface area contributed by atoms with Crippen LogP contribution in [-0.2, 0) is 23.7 Å². The van der Waals surface area contributed by atoms with E-state index in [9.17, 15) is 45.6 Å². The van der Waals surface area contributed by atoms with Gasteiger partial charge in [0, 0.05) is 6.42 Å². The molecule has 0 aromatic carbocycles. The van der Waals surface area contributed by atoms with Crippen molar-refractivity contribution in [3.05, 3.63) is 24.3 Å². The number of nitrogens with one attached hydrogen (secondary N) is 1. The highest BCUT2D eigenvalue weighted by molar-refractivity contribution is 5.76. The molecular formula is C65H123NO13. The summed E-state index contributed by atoms with van der Waals surface area (Å²) in [5.41, 5.74) is 0. The summed E-state index contributed by atoms with van der Waals surface area (Å²) in [6.45, 7) is 2.84. The van der Waals surface area contributed by atoms with E-state index in [1.54, 1.807) is 6.08 Å². The van der Waals surface area contributed by atoms with E-state index >= 15 is 0 Å². The van der Waals surface area contributed by atoms with Crippen molar-refractivity contribution in [1.82, 2.24) is 5.32 Å². The van der Waals surface area contributed by atoms with Gasteiger partial charge in [-0.05, 0) is 44.9 Å². The normalized spacial score (nSPS) is 24.5. The van der Waals surface area contributed by atoms with Gasteiger partial charge in [-0.2, -0.15) is 0 Å². The minimum atomic E-state index is -1.79. The van der Waals surface area contributed by atoms with Crippen molar-refractivity contribution >= 4 is 5.91 Å². The van der Waals surface area contributed by atoms with E-state index < -0.39 is 86.8 Å². The first-order valence-electron chi connectivity index (χ1n) is 33.1. The summed E-state index contributed by atoms with van der Waals surface area (Å²) in [7, 11) is 0. The van der Waals surface area contributed by atoms with Crippen LogP contribution in [0.3, 0.4) is 0 Å². The van der Waals surface area contributed by atoms with Crippen LogP contribution in [0.15, 0.2) is 24.3 Å². The van der Waals surface area contributed by atoms with Crippen molar-refractivity contribution < 1.29 is 64.6 Å². The second-order valence-corrected chi connectivity index (χ2v) is 23.6. The summed E-state index contributed by atoms with van der Waals surface area (Å²) in [4.78, 5) is 13.3. The molecule has 2 aliphatic heterocycles. The zero-order valence-electron chi connectivity index (χ0n) is 50.4. The minimum absolute atomic E-state index is 0.236. The zero-order chi connectivity index (χ0) is 57.4. The second kappa shape index (κ2) is 50.9. The third-order valence-electron chi connectivity index (χ3n) is 16.4. The Bertz CT molecular complexity index is 1420. The average molecular weight is 1130 g/mol. The molecule has 2 heterocycles. The lowest BCUT2D eigenvalue weighted by Crippen LogP contribution is -2.65. The highest BCUT2D eigenvalue weighted by Crippen LogP contribution is 2.30. The van der Waals surface area contributed by atoms with E-state index in [2.05, 4.69) is 31.3 Å². The van der Waals surface area contributed by atoms with Crippen LogP contribution in [0.1, 0.15) is 290 Å². The molecule has 0 saturated carbocycles. The summed E-state index contributed by atoms with van der Waals surface area (Å²) in [6, 6.07) is -0.914. The van der Waals surface area contributed by atoms with Crippen LogP contribution in [0, 0.1) is 0 Å². The van der Waals surface area contributed by atoms with Crippen LogP contribution in [0.4, 0.5) is 0 Å². The molecule has 12 unspecified atom stereocenters. The summed E-state index contributed by atoms with van der Waals surface area (Å²) in [6.07, 6.45) is 45.0. The number of amides is 1. The predicted octanol–water partition coefficient (Wildman–Crippen LogP) is 12.4. The van der Waals surface area contributed by atoms with E-state index in [0.717, 1.165) is 38.5 Å². The number of aliphatic hydroxyl groups excluding tert-OH is 8. The Labute approximate surface area is 481 Å². The van der Waals surface area contributed by atoms with Crippen molar-refractivity contribution in [3.8, 4) is 0 Å². The molecule has 14 heteroatoms. The van der Waals surface area contributed by atoms with Crippen LogP contribution in [0.25, 0.3) is 0 Å². The molecule has 1 amide bonds. The van der Waals surface area contributed by atoms with Crippen LogP contribution < -0.4 is 5.32 Å². The fourth-order valence-electron chi connectivity index (χ4n) is 11.1. The van der Waals surface area contributed by atoms with Gasteiger partial charge in [0.25, 0.3) is 0 Å². The predicted molar refractivity (Wildman–Crippen MR) is 318 cm³/mol. The molecule has 14 nitrogen and oxygen atoms in total. The monoisotopic (exact) mass is 1130 g/mol. The third kappa shape index (κ3) is 36.0. The standard InChI is InChI=1S/C65H123NO13/c1-3-5-7-9-11-13-15-17-19-21-23-25-27-29-31-33-35-37-39-41-43-45-47-49-57(70)66-53(52-76-64-62(75)60(73)63(56(51-68)78-64)79-65-61(74)59(72)58(71)55(50-67)77-65)54(69)48-46-44-42-40-38-36-34-32-30-28-26-24-22-20-18-16-14-12-10-8-6-4-2/h21,23,46,48,53-56,58-65,67-69,71-75H,3-20,22,24-45,47,49-52H2,1-2H3,(H,66,70)/b23-21-,48-46+. The van der Waals surface area contributed by atoms with Gasteiger partial charge in [-0.25, -0.2) is 0 Å². The van der Waals surface area contributed by atoms with Crippen LogP contribution in [0.2, 0.25) is 0 Å². The van der Waals surface area contributed by atoms with Gasteiger partial charge in [-0.15, -0.1) is 0 Å². The Kier molecular flexibility index (Phi) is 47.4. The number of unbranched alkanes of at least 4 members (excludes halogenated alkanes) is 39. The number of ether oxygens (including phenoxy) is 4. The van der Waals surface area contributed by atoms with Crippen molar-refractivity contribution in [2.45, 2.75) is 364 Å². The first-order chi connectivity index (χ1) is 38.6. The Morgan fingerprint density at radius 2 is 0.797 bits per heavy atom. The van der Waals surface area contributed by atoms with Gasteiger partial charge in [0.1, 0.15) is 48.8 Å². The summed E-state index contributed by atoms with van der Waals surface area (Å²) in [5.74, 6) is -0.236. The summed E-state index contributed by atoms with van der Waals surface area (Å²) < 4.78 is 22.8. The SMILES string of the molecule is CCCCCCCCCC/C=C\CCCCCCCCCCCCCC(=O)NC(COC1OC(CO)C(OC2OC(CO)C(O)C(O)C2O)C(O)C1O)C(O)/C=C/CCCCCCCCCCCCCCCCCCCCCC. The first-order valence-corrected chi connectivity index (χ1v) is 33.1. The number of carbonyl (C=O) groups is 1. The van der Waals surface area contributed by atoms with Gasteiger partial charge in [0.2, 0.25) is 5.91 Å². The second-order valence-electron chi connectivity index (χ2n) is 23.6. The Hall–Kier alpha value is -1.53. The van der Waals surface area contributed by atoms with E-state index in [0.29, 0.717) is 6.42 Å². The lowest BCUT2D eigenvalue weighted by atomic mass is 9.97. The number of carbonyl (C=O) groups excluding carboxylic acids is 1. The Morgan fingerprint density at radius 3 is 1.20 bits per heavy atom. The van der Waals surface area contributed by atoms with E-state index in [1.807, 2.05) is 6.08 Å². The van der Waals surface area contributed by atoms with Crippen LogP contribution >= 0.6 is 0 Å². The topological polar surface area (TPSA) is 228 Å². The molecular weight excluding hydrogens is 1000 g/mol. The molecule has 0 aliphatic carbocycles. The maximum Gasteiger partial charge on any atom is 0.220 e. The summed E-state index contributed by atoms with van der Waals surface area (Å²) in [5, 5.41) is 87.3. The van der Waals surface area contributed by atoms with Gasteiger partial charge in [-0.3, -0.25) is 4.79 Å².